The molecule has 0 aliphatic heterocycles. The molecule has 4 aromatic heterocycles. The van der Waals surface area contributed by atoms with Gasteiger partial charge in [0.05, 0.1) is 31.3 Å². The van der Waals surface area contributed by atoms with Crippen LogP contribution in [0.2, 0.25) is 0 Å². The van der Waals surface area contributed by atoms with Gasteiger partial charge in [-0.3, -0.25) is 4.79 Å². The second-order valence-electron chi connectivity index (χ2n) is 7.92. The molecule has 1 aliphatic rings. The number of methoxy groups -OCH3 is 1. The van der Waals surface area contributed by atoms with Gasteiger partial charge >= 0.3 is 6.18 Å². The SMILES string of the molecule is COc1cn2nccc2nc1Nc1ncnc2sc3c(c12)CC[C@H](C(=O)NCCC(F)(F)F)C3. The largest absolute Gasteiger partial charge is 0.491 e. The lowest BCUT2D eigenvalue weighted by Gasteiger charge is -2.22. The van der Waals surface area contributed by atoms with Gasteiger partial charge in [-0.1, -0.05) is 0 Å². The van der Waals surface area contributed by atoms with E-state index in [9.17, 15) is 18.0 Å². The van der Waals surface area contributed by atoms with Crippen LogP contribution >= 0.6 is 11.3 Å². The fourth-order valence-corrected chi connectivity index (χ4v) is 5.36. The molecular formula is C21H20F3N7O2S. The lowest BCUT2D eigenvalue weighted by atomic mass is 9.87. The Kier molecular flexibility index (Phi) is 5.71. The highest BCUT2D eigenvalue weighted by Crippen LogP contribution is 2.41. The minimum Gasteiger partial charge on any atom is -0.491 e. The van der Waals surface area contributed by atoms with Gasteiger partial charge in [0.25, 0.3) is 0 Å². The normalized spacial score (nSPS) is 15.9. The van der Waals surface area contributed by atoms with E-state index in [4.69, 9.17) is 4.74 Å². The maximum absolute atomic E-state index is 12.4. The number of halogens is 3. The zero-order valence-electron chi connectivity index (χ0n) is 18.0. The van der Waals surface area contributed by atoms with Crippen LogP contribution in [-0.2, 0) is 17.6 Å². The zero-order valence-corrected chi connectivity index (χ0v) is 18.8. The van der Waals surface area contributed by atoms with E-state index in [0.29, 0.717) is 42.3 Å². The van der Waals surface area contributed by atoms with Crippen LogP contribution in [0.1, 0.15) is 23.3 Å². The number of anilines is 2. The summed E-state index contributed by atoms with van der Waals surface area (Å²) in [5.74, 6) is 0.824. The highest BCUT2D eigenvalue weighted by molar-refractivity contribution is 7.19. The summed E-state index contributed by atoms with van der Waals surface area (Å²) in [4.78, 5) is 27.6. The Morgan fingerprint density at radius 1 is 1.32 bits per heavy atom. The average molecular weight is 491 g/mol. The third kappa shape index (κ3) is 4.34. The summed E-state index contributed by atoms with van der Waals surface area (Å²) < 4.78 is 44.2. The van der Waals surface area contributed by atoms with Gasteiger partial charge in [0.1, 0.15) is 17.0 Å². The first kappa shape index (κ1) is 22.3. The van der Waals surface area contributed by atoms with Crippen molar-refractivity contribution in [2.75, 3.05) is 19.0 Å². The maximum Gasteiger partial charge on any atom is 0.390 e. The summed E-state index contributed by atoms with van der Waals surface area (Å²) in [5, 5.41) is 10.7. The van der Waals surface area contributed by atoms with E-state index in [2.05, 4.69) is 30.7 Å². The van der Waals surface area contributed by atoms with Crippen molar-refractivity contribution >= 4 is 44.7 Å². The fourth-order valence-electron chi connectivity index (χ4n) is 4.09. The van der Waals surface area contributed by atoms with Gasteiger partial charge in [0.2, 0.25) is 5.91 Å². The Morgan fingerprint density at radius 2 is 2.18 bits per heavy atom. The first-order valence-corrected chi connectivity index (χ1v) is 11.4. The van der Waals surface area contributed by atoms with Crippen molar-refractivity contribution in [3.63, 3.8) is 0 Å². The third-order valence-corrected chi connectivity index (χ3v) is 6.89. The Morgan fingerprint density at radius 3 is 2.97 bits per heavy atom. The Bertz CT molecular complexity index is 1370. The smallest absolute Gasteiger partial charge is 0.390 e. The summed E-state index contributed by atoms with van der Waals surface area (Å²) in [7, 11) is 1.54. The second kappa shape index (κ2) is 8.70. The van der Waals surface area contributed by atoms with Crippen molar-refractivity contribution < 1.29 is 22.7 Å². The molecule has 0 unspecified atom stereocenters. The molecule has 0 radical (unpaired) electrons. The monoisotopic (exact) mass is 491 g/mol. The number of hydrogen-bond acceptors (Lipinski definition) is 8. The van der Waals surface area contributed by atoms with Crippen molar-refractivity contribution in [3.05, 3.63) is 35.2 Å². The number of nitrogens with zero attached hydrogens (tertiary/aromatic N) is 5. The fraction of sp³-hybridized carbons (Fsp3) is 0.381. The molecule has 0 spiro atoms. The number of carbonyl (C=O) groups is 1. The number of carbonyl (C=O) groups excluding carboxylic acids is 1. The molecule has 0 aromatic carbocycles. The van der Waals surface area contributed by atoms with Crippen LogP contribution in [0.15, 0.2) is 24.8 Å². The van der Waals surface area contributed by atoms with E-state index in [1.54, 1.807) is 30.1 Å². The number of rotatable bonds is 6. The van der Waals surface area contributed by atoms with E-state index < -0.39 is 19.1 Å². The number of ether oxygens (including phenoxy) is 1. The van der Waals surface area contributed by atoms with Crippen molar-refractivity contribution in [3.8, 4) is 5.75 Å². The predicted molar refractivity (Wildman–Crippen MR) is 119 cm³/mol. The lowest BCUT2D eigenvalue weighted by molar-refractivity contribution is -0.136. The van der Waals surface area contributed by atoms with E-state index >= 15 is 0 Å². The van der Waals surface area contributed by atoms with Crippen molar-refractivity contribution in [1.29, 1.82) is 0 Å². The van der Waals surface area contributed by atoms with Crippen LogP contribution in [0.5, 0.6) is 5.75 Å². The number of alkyl halides is 3. The molecule has 4 aromatic rings. The van der Waals surface area contributed by atoms with Crippen LogP contribution in [-0.4, -0.2) is 50.3 Å². The summed E-state index contributed by atoms with van der Waals surface area (Å²) in [6, 6.07) is 1.77. The number of fused-ring (bicyclic) bond motifs is 4. The van der Waals surface area contributed by atoms with Gasteiger partial charge in [0, 0.05) is 23.4 Å². The molecular weight excluding hydrogens is 471 g/mol. The van der Waals surface area contributed by atoms with Crippen LogP contribution in [0.4, 0.5) is 24.8 Å². The molecule has 0 bridgehead atoms. The Labute approximate surface area is 195 Å². The van der Waals surface area contributed by atoms with Crippen LogP contribution in [0.25, 0.3) is 15.9 Å². The van der Waals surface area contributed by atoms with Gasteiger partial charge in [0.15, 0.2) is 17.2 Å². The number of nitrogens with one attached hydrogen (secondary N) is 2. The molecule has 0 fully saturated rings. The van der Waals surface area contributed by atoms with Crippen molar-refractivity contribution in [2.24, 2.45) is 5.92 Å². The summed E-state index contributed by atoms with van der Waals surface area (Å²) in [6.07, 6.45) is 1.07. The second-order valence-corrected chi connectivity index (χ2v) is 9.00. The molecule has 9 nitrogen and oxygen atoms in total. The highest BCUT2D eigenvalue weighted by Gasteiger charge is 2.31. The summed E-state index contributed by atoms with van der Waals surface area (Å²) in [6.45, 7) is -0.409. The molecule has 1 aliphatic carbocycles. The van der Waals surface area contributed by atoms with Crippen molar-refractivity contribution in [2.45, 2.75) is 31.9 Å². The van der Waals surface area contributed by atoms with Gasteiger partial charge in [-0.25, -0.2) is 19.5 Å². The molecule has 34 heavy (non-hydrogen) atoms. The molecule has 4 heterocycles. The van der Waals surface area contributed by atoms with E-state index in [0.717, 1.165) is 20.7 Å². The molecule has 1 atom stereocenters. The minimum absolute atomic E-state index is 0.347. The number of amides is 1. The molecule has 5 rings (SSSR count). The lowest BCUT2D eigenvalue weighted by Crippen LogP contribution is -2.35. The third-order valence-electron chi connectivity index (χ3n) is 5.73. The highest BCUT2D eigenvalue weighted by atomic mass is 32.1. The number of hydrogen-bond donors (Lipinski definition) is 2. The quantitative estimate of drug-likeness (QED) is 0.424. The first-order chi connectivity index (χ1) is 16.3. The Hall–Kier alpha value is -3.48. The average Bonchev–Trinajstić information content (AvgIpc) is 3.41. The van der Waals surface area contributed by atoms with Crippen LogP contribution < -0.4 is 15.4 Å². The Balaban J connectivity index is 1.40. The van der Waals surface area contributed by atoms with E-state index in [-0.39, 0.29) is 11.8 Å². The molecule has 13 heteroatoms. The minimum atomic E-state index is -4.29. The topological polar surface area (TPSA) is 106 Å². The number of thiophene rings is 1. The van der Waals surface area contributed by atoms with E-state index in [1.807, 2.05) is 0 Å². The predicted octanol–water partition coefficient (Wildman–Crippen LogP) is 3.66. The first-order valence-electron chi connectivity index (χ1n) is 10.6. The van der Waals surface area contributed by atoms with Gasteiger partial charge in [-0.2, -0.15) is 18.3 Å². The number of aryl methyl sites for hydroxylation is 1. The van der Waals surface area contributed by atoms with Gasteiger partial charge < -0.3 is 15.4 Å². The molecule has 0 saturated heterocycles. The zero-order chi connectivity index (χ0) is 23.9. The van der Waals surface area contributed by atoms with E-state index in [1.165, 1.54) is 17.7 Å². The van der Waals surface area contributed by atoms with Gasteiger partial charge in [-0.05, 0) is 24.8 Å². The van der Waals surface area contributed by atoms with Crippen LogP contribution in [0.3, 0.4) is 0 Å². The summed E-state index contributed by atoms with van der Waals surface area (Å²) in [5.41, 5.74) is 1.69. The standard InChI is InChI=1S/C21H20F3N7O2S/c1-33-13-9-31-15(4-6-28-31)29-17(13)30-18-16-12-3-2-11(19(32)25-7-5-21(22,23)24)8-14(12)34-20(16)27-10-26-18/h4,6,9-11H,2-3,5,7-8H2,1H3,(H,25,32)(H,26,27,29,30)/t11-/m0/s1. The number of aromatic nitrogens is 5. The van der Waals surface area contributed by atoms with Crippen LogP contribution in [0, 0.1) is 5.92 Å². The van der Waals surface area contributed by atoms with Gasteiger partial charge in [-0.15, -0.1) is 11.3 Å². The maximum atomic E-state index is 12.4. The molecule has 2 N–H and O–H groups in total. The molecule has 0 saturated carbocycles. The summed E-state index contributed by atoms with van der Waals surface area (Å²) >= 11 is 1.47. The molecule has 178 valence electrons. The van der Waals surface area contributed by atoms with Crippen molar-refractivity contribution in [1.82, 2.24) is 29.9 Å². The molecule has 1 amide bonds.